The van der Waals surface area contributed by atoms with E-state index in [1.165, 1.54) is 16.7 Å². The number of aliphatic carboxylic acids is 1. The lowest BCUT2D eigenvalue weighted by Gasteiger charge is -2.47. The number of nitrogens with zero attached hydrogens (tertiary/aromatic N) is 4. The summed E-state index contributed by atoms with van der Waals surface area (Å²) >= 11 is 1.49. The van der Waals surface area contributed by atoms with Crippen molar-refractivity contribution in [2.45, 2.75) is 44.3 Å². The van der Waals surface area contributed by atoms with Gasteiger partial charge < -0.3 is 19.9 Å². The van der Waals surface area contributed by atoms with Gasteiger partial charge in [-0.1, -0.05) is 6.92 Å². The number of aliphatic hydroxyl groups excluding tert-OH is 1. The number of rotatable bonds is 4. The van der Waals surface area contributed by atoms with Crippen LogP contribution in [0.3, 0.4) is 0 Å². The van der Waals surface area contributed by atoms with Crippen LogP contribution in [0.5, 0.6) is 0 Å². The molecule has 9 heteroatoms. The number of hydrogen-bond acceptors (Lipinski definition) is 6. The van der Waals surface area contributed by atoms with Crippen LogP contribution in [-0.4, -0.2) is 49.2 Å². The van der Waals surface area contributed by atoms with Crippen molar-refractivity contribution in [2.24, 2.45) is 11.8 Å². The number of aliphatic hydroxyl groups is 1. The highest BCUT2D eigenvalue weighted by molar-refractivity contribution is 8.03. The van der Waals surface area contributed by atoms with Crippen molar-refractivity contribution in [1.29, 1.82) is 0 Å². The Kier molecular flexibility index (Phi) is 3.47. The molecule has 4 rings (SSSR count). The number of hydrogen-bond donors (Lipinski definition) is 1. The molecule has 128 valence electrons. The first-order valence-electron chi connectivity index (χ1n) is 7.95. The van der Waals surface area contributed by atoms with Gasteiger partial charge in [-0.2, -0.15) is 4.68 Å². The molecule has 0 radical (unpaired) electrons. The van der Waals surface area contributed by atoms with Gasteiger partial charge in [0, 0.05) is 15.9 Å². The van der Waals surface area contributed by atoms with Crippen molar-refractivity contribution in [1.82, 2.24) is 14.8 Å². The Bertz CT molecular complexity index is 738. The van der Waals surface area contributed by atoms with Crippen LogP contribution in [0.15, 0.2) is 23.0 Å². The summed E-state index contributed by atoms with van der Waals surface area (Å²) in [5.74, 6) is -2.32. The molecule has 1 aromatic rings. The second kappa shape index (κ2) is 5.32. The lowest BCUT2D eigenvalue weighted by molar-refractivity contribution is -0.761. The highest BCUT2D eigenvalue weighted by Gasteiger charge is 2.59. The van der Waals surface area contributed by atoms with E-state index in [1.807, 2.05) is 22.6 Å². The molecule has 4 heterocycles. The monoisotopic (exact) mass is 350 g/mol. The maximum atomic E-state index is 12.3. The number of thioether (sulfide) groups is 1. The number of carbonyl (C=O) groups excluding carboxylic acids is 2. The van der Waals surface area contributed by atoms with Crippen LogP contribution in [0.25, 0.3) is 0 Å². The van der Waals surface area contributed by atoms with Crippen molar-refractivity contribution in [2.75, 3.05) is 0 Å². The van der Waals surface area contributed by atoms with Crippen molar-refractivity contribution in [3.63, 3.8) is 0 Å². The van der Waals surface area contributed by atoms with Gasteiger partial charge >= 0.3 is 0 Å². The van der Waals surface area contributed by atoms with E-state index < -0.39 is 18.0 Å². The number of amides is 1. The first-order valence-corrected chi connectivity index (χ1v) is 8.83. The summed E-state index contributed by atoms with van der Waals surface area (Å²) in [4.78, 5) is 27.8. The molecule has 3 aliphatic heterocycles. The van der Waals surface area contributed by atoms with Gasteiger partial charge in [0.05, 0.1) is 35.0 Å². The number of carbonyl (C=O) groups is 2. The molecule has 24 heavy (non-hydrogen) atoms. The van der Waals surface area contributed by atoms with Crippen molar-refractivity contribution < 1.29 is 24.5 Å². The fourth-order valence-electron chi connectivity index (χ4n) is 4.01. The van der Waals surface area contributed by atoms with E-state index >= 15 is 0 Å². The van der Waals surface area contributed by atoms with Gasteiger partial charge in [0.1, 0.15) is 13.1 Å². The van der Waals surface area contributed by atoms with E-state index in [2.05, 4.69) is 5.10 Å². The molecular weight excluding hydrogens is 332 g/mol. The number of aromatic nitrogens is 3. The Morgan fingerprint density at radius 2 is 2.33 bits per heavy atom. The molecule has 1 aromatic heterocycles. The minimum absolute atomic E-state index is 0.0195. The minimum Gasteiger partial charge on any atom is -0.543 e. The van der Waals surface area contributed by atoms with E-state index in [4.69, 9.17) is 0 Å². The highest BCUT2D eigenvalue weighted by atomic mass is 32.2. The number of β-lactam (4-membered cyclic amide) rings is 1. The van der Waals surface area contributed by atoms with Crippen molar-refractivity contribution in [3.05, 3.63) is 23.0 Å². The Morgan fingerprint density at radius 3 is 2.96 bits per heavy atom. The lowest BCUT2D eigenvalue weighted by atomic mass is 9.79. The average molecular weight is 350 g/mol. The maximum Gasteiger partial charge on any atom is 0.235 e. The number of fused-ring (bicyclic) bond motifs is 2. The van der Waals surface area contributed by atoms with Crippen LogP contribution in [0.2, 0.25) is 0 Å². The standard InChI is InChI=1S/C15H18N4O4S/c1-7-11-10(8(2)20)14(21)19(11)12(15(22)23)13(7)24-9-5-17-4-3-16-18(17)6-9/h3-4,7-11,20H,5-6H2,1-2H3/t7-,8?,9?,10-,11-/m1/s1. The van der Waals surface area contributed by atoms with Gasteiger partial charge in [0.2, 0.25) is 12.1 Å². The summed E-state index contributed by atoms with van der Waals surface area (Å²) in [6.07, 6.45) is 2.82. The predicted octanol–water partition coefficient (Wildman–Crippen LogP) is -1.89. The molecule has 0 bridgehead atoms. The molecule has 1 amide bonds. The molecule has 0 aromatic carbocycles. The van der Waals surface area contributed by atoms with E-state index in [0.717, 1.165) is 6.54 Å². The Labute approximate surface area is 142 Å². The zero-order valence-electron chi connectivity index (χ0n) is 13.3. The second-order valence-corrected chi connectivity index (χ2v) is 7.93. The van der Waals surface area contributed by atoms with Crippen LogP contribution >= 0.6 is 11.8 Å². The summed E-state index contributed by atoms with van der Waals surface area (Å²) < 4.78 is 1.98. The van der Waals surface area contributed by atoms with Gasteiger partial charge in [-0.05, 0) is 11.7 Å². The molecule has 0 aliphatic carbocycles. The van der Waals surface area contributed by atoms with E-state index in [0.29, 0.717) is 11.4 Å². The maximum absolute atomic E-state index is 12.3. The Morgan fingerprint density at radius 1 is 1.58 bits per heavy atom. The quantitative estimate of drug-likeness (QED) is 0.503. The summed E-state index contributed by atoms with van der Waals surface area (Å²) in [5.41, 5.74) is -0.0195. The molecule has 2 unspecified atom stereocenters. The fraction of sp³-hybridized carbons (Fsp3) is 0.600. The molecule has 5 atom stereocenters. The van der Waals surface area contributed by atoms with Gasteiger partial charge in [-0.15, -0.1) is 11.8 Å². The van der Waals surface area contributed by atoms with Crippen molar-refractivity contribution in [3.8, 4) is 0 Å². The largest absolute Gasteiger partial charge is 0.543 e. The van der Waals surface area contributed by atoms with Crippen LogP contribution in [-0.2, 0) is 22.7 Å². The average Bonchev–Trinajstić information content (AvgIpc) is 3.12. The third-order valence-corrected chi connectivity index (χ3v) is 6.54. The summed E-state index contributed by atoms with van der Waals surface area (Å²) in [7, 11) is 0. The van der Waals surface area contributed by atoms with Crippen molar-refractivity contribution >= 4 is 23.6 Å². The number of carboxylic acid groups (broad SMARTS) is 1. The Hall–Kier alpha value is -1.87. The molecular formula is C15H18N4O4S. The van der Waals surface area contributed by atoms with Crippen LogP contribution in [0, 0.1) is 11.8 Å². The SMILES string of the molecule is CC(O)[C@H]1C(=O)N2C(C(=O)[O-])=C(SC3Cn4ncc[n+]4C3)[C@H](C)[C@H]12. The topological polar surface area (TPSA) is 102 Å². The van der Waals surface area contributed by atoms with E-state index in [-0.39, 0.29) is 28.8 Å². The Balaban J connectivity index is 1.61. The van der Waals surface area contributed by atoms with Gasteiger partial charge in [0.25, 0.3) is 0 Å². The molecule has 8 nitrogen and oxygen atoms in total. The first-order chi connectivity index (χ1) is 11.4. The molecule has 1 fully saturated rings. The molecule has 1 saturated heterocycles. The zero-order chi connectivity index (χ0) is 17.2. The summed E-state index contributed by atoms with van der Waals surface area (Å²) in [6.45, 7) is 4.91. The minimum atomic E-state index is -1.33. The van der Waals surface area contributed by atoms with E-state index in [9.17, 15) is 19.8 Å². The predicted molar refractivity (Wildman–Crippen MR) is 80.8 cm³/mol. The third-order valence-electron chi connectivity index (χ3n) is 5.09. The molecule has 3 aliphatic rings. The molecule has 0 spiro atoms. The van der Waals surface area contributed by atoms with Gasteiger partial charge in [-0.25, -0.2) is 0 Å². The highest BCUT2D eigenvalue weighted by Crippen LogP contribution is 2.51. The van der Waals surface area contributed by atoms with Gasteiger partial charge in [0.15, 0.2) is 6.20 Å². The second-order valence-electron chi connectivity index (χ2n) is 6.58. The summed E-state index contributed by atoms with van der Waals surface area (Å²) in [6, 6.07) is -0.293. The van der Waals surface area contributed by atoms with E-state index in [1.54, 1.807) is 13.1 Å². The smallest absolute Gasteiger partial charge is 0.235 e. The number of carboxylic acids is 1. The van der Waals surface area contributed by atoms with Gasteiger partial charge in [-0.3, -0.25) is 4.79 Å². The lowest BCUT2D eigenvalue weighted by Crippen LogP contribution is -2.64. The zero-order valence-corrected chi connectivity index (χ0v) is 14.1. The molecule has 1 N–H and O–H groups in total. The molecule has 0 saturated carbocycles. The van der Waals surface area contributed by atoms with Crippen LogP contribution in [0.1, 0.15) is 13.8 Å². The summed E-state index contributed by atoms with van der Waals surface area (Å²) in [5, 5.41) is 25.9. The third kappa shape index (κ3) is 2.04. The fourth-order valence-corrected chi connectivity index (χ4v) is 5.45. The van der Waals surface area contributed by atoms with Crippen LogP contribution < -0.4 is 9.79 Å². The first kappa shape index (κ1) is 15.6. The normalized spacial score (nSPS) is 32.6. The van der Waals surface area contributed by atoms with Crippen LogP contribution in [0.4, 0.5) is 0 Å².